The minimum absolute atomic E-state index is 0.00103. The van der Waals surface area contributed by atoms with Gasteiger partial charge in [0.15, 0.2) is 0 Å². The third-order valence-electron chi connectivity index (χ3n) is 3.16. The molecule has 0 fully saturated rings. The highest BCUT2D eigenvalue weighted by Crippen LogP contribution is 2.28. The molecule has 3 heteroatoms. The molecule has 3 rings (SSSR count). The molecular weight excluding hydrogens is 238 g/mol. The number of nitrogens with zero attached hydrogens (tertiary/aromatic N) is 1. The maximum absolute atomic E-state index is 5.95. The molecule has 0 bridgehead atoms. The van der Waals surface area contributed by atoms with Crippen molar-refractivity contribution in [1.29, 1.82) is 0 Å². The minimum atomic E-state index is 0.00103. The van der Waals surface area contributed by atoms with Gasteiger partial charge in [0.2, 0.25) is 5.90 Å². The van der Waals surface area contributed by atoms with Crippen LogP contribution in [0.25, 0.3) is 0 Å². The van der Waals surface area contributed by atoms with Gasteiger partial charge in [0.05, 0.1) is 19.2 Å². The molecule has 0 saturated carbocycles. The number of aliphatic imine (C=N–C) groups is 1. The van der Waals surface area contributed by atoms with Crippen LogP contribution in [-0.4, -0.2) is 19.6 Å². The van der Waals surface area contributed by atoms with Crippen molar-refractivity contribution < 1.29 is 9.47 Å². The second kappa shape index (κ2) is 5.14. The van der Waals surface area contributed by atoms with Crippen molar-refractivity contribution in [3.05, 3.63) is 65.7 Å². The molecule has 0 saturated heterocycles. The highest BCUT2D eigenvalue weighted by Gasteiger charge is 2.24. The summed E-state index contributed by atoms with van der Waals surface area (Å²) in [6.07, 6.45) is 0.00103. The zero-order valence-corrected chi connectivity index (χ0v) is 10.7. The van der Waals surface area contributed by atoms with Crippen LogP contribution in [0.1, 0.15) is 17.2 Å². The Labute approximate surface area is 112 Å². The summed E-state index contributed by atoms with van der Waals surface area (Å²) in [6, 6.07) is 17.9. The monoisotopic (exact) mass is 253 g/mol. The van der Waals surface area contributed by atoms with Crippen LogP contribution in [0.2, 0.25) is 0 Å². The molecule has 2 aromatic carbocycles. The van der Waals surface area contributed by atoms with Crippen LogP contribution >= 0.6 is 0 Å². The predicted octanol–water partition coefficient (Wildman–Crippen LogP) is 3.21. The average molecular weight is 253 g/mol. The molecule has 0 N–H and O–H groups in total. The second-order valence-corrected chi connectivity index (χ2v) is 4.36. The molecule has 1 aliphatic rings. The van der Waals surface area contributed by atoms with Crippen LogP contribution in [-0.2, 0) is 4.74 Å². The first-order valence-corrected chi connectivity index (χ1v) is 6.28. The van der Waals surface area contributed by atoms with E-state index in [9.17, 15) is 0 Å². The Hall–Kier alpha value is -2.29. The van der Waals surface area contributed by atoms with Crippen molar-refractivity contribution in [2.75, 3.05) is 13.7 Å². The Morgan fingerprint density at radius 1 is 1.05 bits per heavy atom. The number of rotatable bonds is 3. The largest absolute Gasteiger partial charge is 0.496 e. The fraction of sp³-hybridized carbons (Fsp3) is 0.188. The van der Waals surface area contributed by atoms with Crippen molar-refractivity contribution in [2.24, 2.45) is 4.99 Å². The van der Waals surface area contributed by atoms with Crippen molar-refractivity contribution in [3.8, 4) is 5.75 Å². The van der Waals surface area contributed by atoms with Crippen molar-refractivity contribution in [1.82, 2.24) is 0 Å². The van der Waals surface area contributed by atoms with E-state index in [0.29, 0.717) is 12.4 Å². The number of methoxy groups -OCH3 is 1. The lowest BCUT2D eigenvalue weighted by molar-refractivity contribution is 0.229. The van der Waals surface area contributed by atoms with E-state index >= 15 is 0 Å². The first kappa shape index (κ1) is 11.8. The molecule has 1 aliphatic heterocycles. The van der Waals surface area contributed by atoms with Crippen LogP contribution in [0.4, 0.5) is 0 Å². The summed E-state index contributed by atoms with van der Waals surface area (Å²) in [7, 11) is 1.66. The molecule has 2 aromatic rings. The summed E-state index contributed by atoms with van der Waals surface area (Å²) in [5.74, 6) is 1.45. The lowest BCUT2D eigenvalue weighted by Gasteiger charge is -2.13. The van der Waals surface area contributed by atoms with E-state index in [4.69, 9.17) is 9.47 Å². The van der Waals surface area contributed by atoms with Gasteiger partial charge in [0, 0.05) is 0 Å². The summed E-state index contributed by atoms with van der Waals surface area (Å²) < 4.78 is 11.3. The molecule has 0 radical (unpaired) electrons. The highest BCUT2D eigenvalue weighted by atomic mass is 16.5. The number of hydrogen-bond acceptors (Lipinski definition) is 3. The normalized spacial score (nSPS) is 17.7. The molecule has 0 spiro atoms. The van der Waals surface area contributed by atoms with Crippen LogP contribution in [0.5, 0.6) is 5.75 Å². The van der Waals surface area contributed by atoms with Gasteiger partial charge in [-0.15, -0.1) is 0 Å². The van der Waals surface area contributed by atoms with Gasteiger partial charge >= 0.3 is 0 Å². The van der Waals surface area contributed by atoms with Gasteiger partial charge in [-0.25, -0.2) is 4.99 Å². The Morgan fingerprint density at radius 3 is 2.58 bits per heavy atom. The molecule has 0 aromatic heterocycles. The van der Waals surface area contributed by atoms with Crippen molar-refractivity contribution in [2.45, 2.75) is 6.10 Å². The van der Waals surface area contributed by atoms with Crippen LogP contribution < -0.4 is 4.74 Å². The fourth-order valence-electron chi connectivity index (χ4n) is 2.19. The topological polar surface area (TPSA) is 30.8 Å². The van der Waals surface area contributed by atoms with E-state index in [1.807, 2.05) is 42.5 Å². The molecule has 19 heavy (non-hydrogen) atoms. The molecule has 1 atom stereocenters. The molecule has 0 amide bonds. The third-order valence-corrected chi connectivity index (χ3v) is 3.16. The zero-order chi connectivity index (χ0) is 13.1. The summed E-state index contributed by atoms with van der Waals surface area (Å²) in [5, 5.41) is 0. The summed E-state index contributed by atoms with van der Waals surface area (Å²) in [5.41, 5.74) is 2.06. The highest BCUT2D eigenvalue weighted by molar-refractivity contribution is 5.97. The Kier molecular flexibility index (Phi) is 3.19. The minimum Gasteiger partial charge on any atom is -0.496 e. The zero-order valence-electron chi connectivity index (χ0n) is 10.7. The third kappa shape index (κ3) is 2.32. The molecule has 3 nitrogen and oxygen atoms in total. The van der Waals surface area contributed by atoms with E-state index in [2.05, 4.69) is 17.1 Å². The Bertz CT molecular complexity index is 593. The maximum atomic E-state index is 5.95. The molecule has 0 aliphatic carbocycles. The molecule has 96 valence electrons. The van der Waals surface area contributed by atoms with Gasteiger partial charge in [0.25, 0.3) is 0 Å². The van der Waals surface area contributed by atoms with Crippen LogP contribution in [0, 0.1) is 0 Å². The van der Waals surface area contributed by atoms with Gasteiger partial charge in [-0.05, 0) is 17.7 Å². The summed E-state index contributed by atoms with van der Waals surface area (Å²) in [6.45, 7) is 0.650. The number of para-hydroxylation sites is 1. The number of hydrogen-bond donors (Lipinski definition) is 0. The standard InChI is InChI=1S/C16H15NO2/c1-18-14-10-6-5-9-13(14)16-17-11-15(19-16)12-7-3-2-4-8-12/h2-10,15H,11H2,1H3. The maximum Gasteiger partial charge on any atom is 0.220 e. The van der Waals surface area contributed by atoms with Gasteiger partial charge < -0.3 is 9.47 Å². The van der Waals surface area contributed by atoms with Crippen LogP contribution in [0.15, 0.2) is 59.6 Å². The van der Waals surface area contributed by atoms with Crippen molar-refractivity contribution in [3.63, 3.8) is 0 Å². The smallest absolute Gasteiger partial charge is 0.220 e. The Morgan fingerprint density at radius 2 is 1.79 bits per heavy atom. The van der Waals surface area contributed by atoms with Gasteiger partial charge in [-0.2, -0.15) is 0 Å². The average Bonchev–Trinajstić information content (AvgIpc) is 2.98. The fourth-order valence-corrected chi connectivity index (χ4v) is 2.19. The Balaban J connectivity index is 1.82. The molecule has 1 heterocycles. The quantitative estimate of drug-likeness (QED) is 0.841. The second-order valence-electron chi connectivity index (χ2n) is 4.36. The first-order chi connectivity index (χ1) is 9.38. The lowest BCUT2D eigenvalue weighted by Crippen LogP contribution is -2.07. The van der Waals surface area contributed by atoms with Gasteiger partial charge in [0.1, 0.15) is 11.9 Å². The lowest BCUT2D eigenvalue weighted by atomic mass is 10.1. The molecular formula is C16H15NO2. The van der Waals surface area contributed by atoms with E-state index < -0.39 is 0 Å². The summed E-state index contributed by atoms with van der Waals surface area (Å²) in [4.78, 5) is 4.49. The van der Waals surface area contributed by atoms with Gasteiger partial charge in [-0.3, -0.25) is 0 Å². The van der Waals surface area contributed by atoms with E-state index in [-0.39, 0.29) is 6.10 Å². The molecule has 1 unspecified atom stereocenters. The number of benzene rings is 2. The predicted molar refractivity (Wildman–Crippen MR) is 74.7 cm³/mol. The van der Waals surface area contributed by atoms with E-state index in [0.717, 1.165) is 16.9 Å². The first-order valence-electron chi connectivity index (χ1n) is 6.28. The van der Waals surface area contributed by atoms with Gasteiger partial charge in [-0.1, -0.05) is 42.5 Å². The number of ether oxygens (including phenoxy) is 2. The van der Waals surface area contributed by atoms with Crippen molar-refractivity contribution >= 4 is 5.90 Å². The van der Waals surface area contributed by atoms with Crippen LogP contribution in [0.3, 0.4) is 0 Å². The van der Waals surface area contributed by atoms with E-state index in [1.54, 1.807) is 7.11 Å². The SMILES string of the molecule is COc1ccccc1C1=NCC(c2ccccc2)O1. The van der Waals surface area contributed by atoms with E-state index in [1.165, 1.54) is 0 Å². The summed E-state index contributed by atoms with van der Waals surface area (Å²) >= 11 is 0.